The zero-order chi connectivity index (χ0) is 15.5. The fourth-order valence-corrected chi connectivity index (χ4v) is 2.46. The Kier molecular flexibility index (Phi) is 4.48. The molecule has 0 radical (unpaired) electrons. The van der Waals surface area contributed by atoms with E-state index in [1.807, 2.05) is 0 Å². The van der Waals surface area contributed by atoms with Crippen LogP contribution in [0.4, 0.5) is 10.1 Å². The van der Waals surface area contributed by atoms with Crippen LogP contribution >= 0.6 is 11.6 Å². The van der Waals surface area contributed by atoms with Crippen molar-refractivity contribution in [3.63, 3.8) is 0 Å². The first-order chi connectivity index (χ1) is 9.99. The predicted molar refractivity (Wildman–Crippen MR) is 80.8 cm³/mol. The molecule has 0 amide bonds. The van der Waals surface area contributed by atoms with E-state index in [-0.39, 0.29) is 5.69 Å². The Labute approximate surface area is 127 Å². The number of halogens is 2. The van der Waals surface area contributed by atoms with Gasteiger partial charge in [-0.3, -0.25) is 0 Å². The van der Waals surface area contributed by atoms with Crippen molar-refractivity contribution in [2.24, 2.45) is 0 Å². The third-order valence-corrected chi connectivity index (χ3v) is 3.59. The van der Waals surface area contributed by atoms with Crippen molar-refractivity contribution < 1.29 is 13.9 Å². The van der Waals surface area contributed by atoms with Gasteiger partial charge < -0.3 is 10.1 Å². The number of methoxy groups -OCH3 is 1. The number of ether oxygens (including phenoxy) is 1. The molecule has 3 nitrogen and oxygen atoms in total. The first kappa shape index (κ1) is 15.3. The Morgan fingerprint density at radius 3 is 2.43 bits per heavy atom. The number of hydrogen-bond acceptors (Lipinski definition) is 3. The first-order valence-corrected chi connectivity index (χ1v) is 6.73. The second-order valence-corrected chi connectivity index (χ2v) is 5.11. The Morgan fingerprint density at radius 1 is 1.19 bits per heavy atom. The van der Waals surface area contributed by atoms with E-state index in [9.17, 15) is 9.18 Å². The highest BCUT2D eigenvalue weighted by molar-refractivity contribution is 6.31. The largest absolute Gasteiger partial charge is 0.467 e. The van der Waals surface area contributed by atoms with E-state index >= 15 is 0 Å². The molecular weight excluding hydrogens is 293 g/mol. The lowest BCUT2D eigenvalue weighted by Gasteiger charge is -2.30. The minimum atomic E-state index is -1.30. The van der Waals surface area contributed by atoms with Gasteiger partial charge in [0.05, 0.1) is 12.8 Å². The summed E-state index contributed by atoms with van der Waals surface area (Å²) < 4.78 is 18.7. The number of benzene rings is 2. The molecule has 1 atom stereocenters. The number of para-hydroxylation sites is 1. The molecule has 0 saturated carbocycles. The van der Waals surface area contributed by atoms with Gasteiger partial charge in [-0.2, -0.15) is 0 Å². The minimum absolute atomic E-state index is 0.199. The summed E-state index contributed by atoms with van der Waals surface area (Å²) in [6.07, 6.45) is 0. The van der Waals surface area contributed by atoms with Gasteiger partial charge >= 0.3 is 5.97 Å². The maximum Gasteiger partial charge on any atom is 0.335 e. The summed E-state index contributed by atoms with van der Waals surface area (Å²) in [6, 6.07) is 13.0. The molecule has 1 N–H and O–H groups in total. The van der Waals surface area contributed by atoms with Crippen LogP contribution in [0.2, 0.25) is 5.02 Å². The predicted octanol–water partition coefficient (Wildman–Crippen LogP) is 3.98. The molecule has 2 aromatic rings. The van der Waals surface area contributed by atoms with Crippen LogP contribution in [-0.2, 0) is 15.1 Å². The van der Waals surface area contributed by atoms with Crippen molar-refractivity contribution in [1.82, 2.24) is 0 Å². The SMILES string of the molecule is COC(=O)C(C)(Nc1ccccc1F)c1ccccc1Cl. The molecule has 0 fully saturated rings. The lowest BCUT2D eigenvalue weighted by Crippen LogP contribution is -2.42. The van der Waals surface area contributed by atoms with Crippen LogP contribution in [0, 0.1) is 5.82 Å². The summed E-state index contributed by atoms with van der Waals surface area (Å²) in [5, 5.41) is 3.29. The maximum atomic E-state index is 13.9. The van der Waals surface area contributed by atoms with E-state index in [0.29, 0.717) is 10.6 Å². The van der Waals surface area contributed by atoms with Crippen molar-refractivity contribution in [3.8, 4) is 0 Å². The second kappa shape index (κ2) is 6.14. The molecule has 0 heterocycles. The molecule has 0 aromatic heterocycles. The van der Waals surface area contributed by atoms with Gasteiger partial charge in [0.15, 0.2) is 5.54 Å². The molecule has 0 spiro atoms. The van der Waals surface area contributed by atoms with Crippen LogP contribution in [0.15, 0.2) is 48.5 Å². The summed E-state index contributed by atoms with van der Waals surface area (Å²) in [4.78, 5) is 12.2. The number of anilines is 1. The van der Waals surface area contributed by atoms with Crippen molar-refractivity contribution in [2.45, 2.75) is 12.5 Å². The Morgan fingerprint density at radius 2 is 1.81 bits per heavy atom. The normalized spacial score (nSPS) is 13.3. The average molecular weight is 308 g/mol. The molecule has 0 aliphatic heterocycles. The monoisotopic (exact) mass is 307 g/mol. The molecule has 21 heavy (non-hydrogen) atoms. The van der Waals surface area contributed by atoms with E-state index in [1.165, 1.54) is 13.2 Å². The number of hydrogen-bond donors (Lipinski definition) is 1. The zero-order valence-electron chi connectivity index (χ0n) is 11.7. The van der Waals surface area contributed by atoms with E-state index in [2.05, 4.69) is 5.32 Å². The van der Waals surface area contributed by atoms with Gasteiger partial charge in [-0.1, -0.05) is 41.9 Å². The van der Waals surface area contributed by atoms with Gasteiger partial charge in [0.1, 0.15) is 5.82 Å². The molecule has 0 saturated heterocycles. The van der Waals surface area contributed by atoms with Gasteiger partial charge in [0.25, 0.3) is 0 Å². The summed E-state index contributed by atoms with van der Waals surface area (Å²) in [7, 11) is 1.28. The minimum Gasteiger partial charge on any atom is -0.467 e. The summed E-state index contributed by atoms with van der Waals surface area (Å²) >= 11 is 6.17. The Hall–Kier alpha value is -2.07. The highest BCUT2D eigenvalue weighted by atomic mass is 35.5. The molecule has 1 unspecified atom stereocenters. The van der Waals surface area contributed by atoms with E-state index in [1.54, 1.807) is 49.4 Å². The third kappa shape index (κ3) is 3.00. The molecule has 0 bridgehead atoms. The second-order valence-electron chi connectivity index (χ2n) is 4.70. The first-order valence-electron chi connectivity index (χ1n) is 6.35. The topological polar surface area (TPSA) is 38.3 Å². The zero-order valence-corrected chi connectivity index (χ0v) is 12.4. The van der Waals surface area contributed by atoms with Crippen LogP contribution < -0.4 is 5.32 Å². The smallest absolute Gasteiger partial charge is 0.335 e. The summed E-state index contributed by atoms with van der Waals surface area (Å²) in [5.74, 6) is -1.02. The fourth-order valence-electron chi connectivity index (χ4n) is 2.13. The standard InChI is InChI=1S/C16H15ClFNO2/c1-16(15(20)21-2,11-7-3-4-8-12(11)17)19-14-10-6-5-9-13(14)18/h3-10,19H,1-2H3. The molecule has 110 valence electrons. The third-order valence-electron chi connectivity index (χ3n) is 3.26. The van der Waals surface area contributed by atoms with Crippen LogP contribution in [0.5, 0.6) is 0 Å². The van der Waals surface area contributed by atoms with Gasteiger partial charge in [-0.15, -0.1) is 0 Å². The quantitative estimate of drug-likeness (QED) is 0.868. The van der Waals surface area contributed by atoms with Gasteiger partial charge in [-0.05, 0) is 25.1 Å². The van der Waals surface area contributed by atoms with Crippen molar-refractivity contribution in [1.29, 1.82) is 0 Å². The Balaban J connectivity index is 2.51. The van der Waals surface area contributed by atoms with E-state index < -0.39 is 17.3 Å². The highest BCUT2D eigenvalue weighted by Gasteiger charge is 2.38. The lowest BCUT2D eigenvalue weighted by molar-refractivity contribution is -0.145. The highest BCUT2D eigenvalue weighted by Crippen LogP contribution is 2.33. The Bertz CT molecular complexity index is 662. The van der Waals surface area contributed by atoms with Crippen molar-refractivity contribution in [3.05, 3.63) is 64.9 Å². The summed E-state index contributed by atoms with van der Waals surface area (Å²) in [5.41, 5.74) is -0.581. The number of nitrogens with one attached hydrogen (secondary N) is 1. The molecular formula is C16H15ClFNO2. The van der Waals surface area contributed by atoms with Crippen LogP contribution in [0.3, 0.4) is 0 Å². The molecule has 0 aliphatic carbocycles. The van der Waals surface area contributed by atoms with Crippen molar-refractivity contribution in [2.75, 3.05) is 12.4 Å². The number of rotatable bonds is 4. The van der Waals surface area contributed by atoms with Gasteiger partial charge in [-0.25, -0.2) is 9.18 Å². The van der Waals surface area contributed by atoms with E-state index in [0.717, 1.165) is 0 Å². The average Bonchev–Trinajstić information content (AvgIpc) is 2.49. The number of carbonyl (C=O) groups is 1. The maximum absolute atomic E-state index is 13.9. The van der Waals surface area contributed by atoms with E-state index in [4.69, 9.17) is 16.3 Å². The summed E-state index contributed by atoms with van der Waals surface area (Å²) in [6.45, 7) is 1.60. The van der Waals surface area contributed by atoms with Gasteiger partial charge in [0, 0.05) is 10.6 Å². The van der Waals surface area contributed by atoms with Crippen LogP contribution in [0.25, 0.3) is 0 Å². The fraction of sp³-hybridized carbons (Fsp3) is 0.188. The molecule has 2 rings (SSSR count). The van der Waals surface area contributed by atoms with Crippen LogP contribution in [0.1, 0.15) is 12.5 Å². The lowest BCUT2D eigenvalue weighted by atomic mass is 9.91. The van der Waals surface area contributed by atoms with Crippen LogP contribution in [-0.4, -0.2) is 13.1 Å². The molecule has 5 heteroatoms. The molecule has 2 aromatic carbocycles. The number of esters is 1. The number of carbonyl (C=O) groups excluding carboxylic acids is 1. The van der Waals surface area contributed by atoms with Crippen molar-refractivity contribution >= 4 is 23.3 Å². The molecule has 0 aliphatic rings. The van der Waals surface area contributed by atoms with Gasteiger partial charge in [0.2, 0.25) is 0 Å².